The predicted molar refractivity (Wildman–Crippen MR) is 84.1 cm³/mol. The summed E-state index contributed by atoms with van der Waals surface area (Å²) in [5.41, 5.74) is -1.24. The zero-order valence-electron chi connectivity index (χ0n) is 12.5. The van der Waals surface area contributed by atoms with Crippen molar-refractivity contribution >= 4 is 27.5 Å². The molecule has 9 heteroatoms. The lowest BCUT2D eigenvalue weighted by Crippen LogP contribution is -2.22. The molecule has 1 aliphatic rings. The minimum Gasteiger partial charge on any atom is -0.491 e. The third kappa shape index (κ3) is 2.95. The number of nitrogens with zero attached hydrogens (tertiary/aromatic N) is 2. The molecule has 0 saturated heterocycles. The van der Waals surface area contributed by atoms with Crippen molar-refractivity contribution in [2.24, 2.45) is 0 Å². The van der Waals surface area contributed by atoms with Crippen LogP contribution in [0.3, 0.4) is 0 Å². The molecule has 0 fully saturated rings. The van der Waals surface area contributed by atoms with Gasteiger partial charge < -0.3 is 4.74 Å². The number of allylic oxidation sites excluding steroid dienone is 2. The molecule has 128 valence electrons. The van der Waals surface area contributed by atoms with Gasteiger partial charge in [0.1, 0.15) is 15.9 Å². The predicted octanol–water partition coefficient (Wildman–Crippen LogP) is 3.79. The zero-order valence-corrected chi connectivity index (χ0v) is 14.1. The summed E-state index contributed by atoms with van der Waals surface area (Å²) in [7, 11) is 1.25. The largest absolute Gasteiger partial charge is 0.491 e. The summed E-state index contributed by atoms with van der Waals surface area (Å²) in [6.07, 6.45) is -4.60. The third-order valence-electron chi connectivity index (χ3n) is 3.47. The van der Waals surface area contributed by atoms with Crippen LogP contribution in [0, 0.1) is 0 Å². The number of ether oxygens (including phenoxy) is 1. The second-order valence-corrected chi connectivity index (χ2v) is 5.80. The zero-order chi connectivity index (χ0) is 18.4. The average Bonchev–Trinajstić information content (AvgIpc) is 2.59. The van der Waals surface area contributed by atoms with Crippen LogP contribution < -0.4 is 0 Å². The van der Waals surface area contributed by atoms with Crippen LogP contribution in [-0.4, -0.2) is 28.6 Å². The Morgan fingerprint density at radius 3 is 2.32 bits per heavy atom. The molecular formula is C16H8BrF3N2O3. The fourth-order valence-electron chi connectivity index (χ4n) is 2.30. The number of carbonyl (C=O) groups excluding carboxylic acids is 2. The summed E-state index contributed by atoms with van der Waals surface area (Å²) in [5, 5.41) is 0. The lowest BCUT2D eigenvalue weighted by molar-refractivity contribution is -0.141. The number of methoxy groups -OCH3 is 1. The monoisotopic (exact) mass is 412 g/mol. The van der Waals surface area contributed by atoms with Crippen molar-refractivity contribution in [1.29, 1.82) is 0 Å². The molecule has 3 rings (SSSR count). The van der Waals surface area contributed by atoms with E-state index in [1.807, 2.05) is 0 Å². The van der Waals surface area contributed by atoms with E-state index in [1.54, 1.807) is 0 Å². The molecule has 25 heavy (non-hydrogen) atoms. The third-order valence-corrected chi connectivity index (χ3v) is 4.19. The van der Waals surface area contributed by atoms with Crippen LogP contribution in [0.2, 0.25) is 0 Å². The van der Waals surface area contributed by atoms with Crippen molar-refractivity contribution in [3.05, 3.63) is 57.5 Å². The first kappa shape index (κ1) is 17.3. The van der Waals surface area contributed by atoms with Crippen LogP contribution in [0.1, 0.15) is 26.5 Å². The van der Waals surface area contributed by atoms with Crippen LogP contribution in [0.5, 0.6) is 0 Å². The Hall–Kier alpha value is -2.55. The van der Waals surface area contributed by atoms with Crippen molar-refractivity contribution < 1.29 is 27.5 Å². The van der Waals surface area contributed by atoms with Crippen LogP contribution in [0.15, 0.2) is 40.6 Å². The Morgan fingerprint density at radius 2 is 1.68 bits per heavy atom. The normalized spacial score (nSPS) is 14.6. The number of rotatable bonds is 2. The van der Waals surface area contributed by atoms with Gasteiger partial charge in [0.25, 0.3) is 0 Å². The van der Waals surface area contributed by atoms with E-state index >= 15 is 0 Å². The van der Waals surface area contributed by atoms with E-state index in [4.69, 9.17) is 4.74 Å². The van der Waals surface area contributed by atoms with E-state index in [2.05, 4.69) is 25.9 Å². The highest BCUT2D eigenvalue weighted by Crippen LogP contribution is 2.32. The molecule has 0 saturated carbocycles. The highest BCUT2D eigenvalue weighted by molar-refractivity contribution is 9.12. The van der Waals surface area contributed by atoms with Crippen molar-refractivity contribution in [3.8, 4) is 11.4 Å². The summed E-state index contributed by atoms with van der Waals surface area (Å²) in [4.78, 5) is 32.2. The van der Waals surface area contributed by atoms with Crippen LogP contribution in [0.4, 0.5) is 13.2 Å². The number of Topliss-reactive ketones (excluding diaryl/α,β-unsaturated/α-hetero) is 2. The Bertz CT molecular complexity index is 938. The van der Waals surface area contributed by atoms with Gasteiger partial charge in [-0.05, 0) is 40.2 Å². The molecule has 5 nitrogen and oxygen atoms in total. The number of halogens is 4. The first-order valence-corrected chi connectivity index (χ1v) is 7.62. The summed E-state index contributed by atoms with van der Waals surface area (Å²) in [6, 6.07) is 6.01. The van der Waals surface area contributed by atoms with E-state index in [1.165, 1.54) is 31.4 Å². The maximum absolute atomic E-state index is 12.8. The molecule has 0 amide bonds. The molecule has 0 aliphatic heterocycles. The average molecular weight is 413 g/mol. The van der Waals surface area contributed by atoms with Gasteiger partial charge in [-0.1, -0.05) is 6.07 Å². The van der Waals surface area contributed by atoms with Gasteiger partial charge in [-0.3, -0.25) is 9.59 Å². The standard InChI is InChI=1S/C16H8BrF3N2O3/c1-25-15-11(17)14(24)12-7(13(15)23)5-6-9(22-12)8-3-2-4-10(21-8)16(18,19)20/h2-6H,1H3. The Morgan fingerprint density at radius 1 is 1.00 bits per heavy atom. The highest BCUT2D eigenvalue weighted by Gasteiger charge is 2.35. The van der Waals surface area contributed by atoms with E-state index < -0.39 is 23.4 Å². The van der Waals surface area contributed by atoms with Crippen LogP contribution >= 0.6 is 15.9 Å². The number of alkyl halides is 3. The smallest absolute Gasteiger partial charge is 0.433 e. The molecule has 2 heterocycles. The number of ketones is 2. The van der Waals surface area contributed by atoms with E-state index in [-0.39, 0.29) is 32.9 Å². The minimum absolute atomic E-state index is 0.0146. The Labute approximate surface area is 147 Å². The van der Waals surface area contributed by atoms with Gasteiger partial charge in [0.15, 0.2) is 5.76 Å². The van der Waals surface area contributed by atoms with Gasteiger partial charge in [0.2, 0.25) is 11.6 Å². The van der Waals surface area contributed by atoms with E-state index in [0.29, 0.717) is 0 Å². The van der Waals surface area contributed by atoms with Gasteiger partial charge >= 0.3 is 6.18 Å². The molecule has 0 aromatic carbocycles. The van der Waals surface area contributed by atoms with Crippen molar-refractivity contribution in [3.63, 3.8) is 0 Å². The molecule has 0 atom stereocenters. The molecule has 1 aliphatic carbocycles. The fourth-order valence-corrected chi connectivity index (χ4v) is 2.83. The number of pyridine rings is 2. The first-order chi connectivity index (χ1) is 11.7. The summed E-state index contributed by atoms with van der Waals surface area (Å²) >= 11 is 2.99. The number of carbonyl (C=O) groups is 2. The quantitative estimate of drug-likeness (QED) is 0.750. The van der Waals surface area contributed by atoms with Gasteiger partial charge in [-0.25, -0.2) is 9.97 Å². The highest BCUT2D eigenvalue weighted by atomic mass is 79.9. The Balaban J connectivity index is 2.11. The topological polar surface area (TPSA) is 69.2 Å². The summed E-state index contributed by atoms with van der Waals surface area (Å²) in [5.74, 6) is -1.29. The summed E-state index contributed by atoms with van der Waals surface area (Å²) < 4.78 is 43.2. The number of fused-ring (bicyclic) bond motifs is 1. The molecular weight excluding hydrogens is 405 g/mol. The lowest BCUT2D eigenvalue weighted by Gasteiger charge is -2.16. The van der Waals surface area contributed by atoms with Gasteiger partial charge in [0, 0.05) is 0 Å². The number of aromatic nitrogens is 2. The van der Waals surface area contributed by atoms with E-state index in [9.17, 15) is 22.8 Å². The second-order valence-electron chi connectivity index (χ2n) is 5.00. The van der Waals surface area contributed by atoms with Gasteiger partial charge in [0.05, 0.1) is 24.1 Å². The number of hydrogen-bond donors (Lipinski definition) is 0. The molecule has 0 unspecified atom stereocenters. The maximum atomic E-state index is 12.8. The first-order valence-electron chi connectivity index (χ1n) is 6.83. The summed E-state index contributed by atoms with van der Waals surface area (Å²) in [6.45, 7) is 0. The van der Waals surface area contributed by atoms with Crippen molar-refractivity contribution in [2.45, 2.75) is 6.18 Å². The molecule has 2 aromatic rings. The SMILES string of the molecule is COC1=C(Br)C(=O)c2nc(-c3cccc(C(F)(F)F)n3)ccc2C1=O. The van der Waals surface area contributed by atoms with Crippen molar-refractivity contribution in [2.75, 3.05) is 7.11 Å². The fraction of sp³-hybridized carbons (Fsp3) is 0.125. The maximum Gasteiger partial charge on any atom is 0.433 e. The van der Waals surface area contributed by atoms with Crippen LogP contribution in [-0.2, 0) is 10.9 Å². The molecule has 2 aromatic heterocycles. The minimum atomic E-state index is -4.60. The van der Waals surface area contributed by atoms with Crippen molar-refractivity contribution in [1.82, 2.24) is 9.97 Å². The van der Waals surface area contributed by atoms with Gasteiger partial charge in [-0.2, -0.15) is 13.2 Å². The molecule has 0 N–H and O–H groups in total. The molecule has 0 bridgehead atoms. The molecule has 0 radical (unpaired) electrons. The molecule has 0 spiro atoms. The van der Waals surface area contributed by atoms with Gasteiger partial charge in [-0.15, -0.1) is 0 Å². The van der Waals surface area contributed by atoms with Crippen LogP contribution in [0.25, 0.3) is 11.4 Å². The second kappa shape index (κ2) is 6.07. The van der Waals surface area contributed by atoms with E-state index in [0.717, 1.165) is 6.07 Å². The lowest BCUT2D eigenvalue weighted by atomic mass is 9.97. The number of hydrogen-bond acceptors (Lipinski definition) is 5. The Kier molecular flexibility index (Phi) is 4.19.